The monoisotopic (exact) mass is 331 g/mol. The van der Waals surface area contributed by atoms with Crippen molar-refractivity contribution in [2.45, 2.75) is 90.5 Å². The lowest BCUT2D eigenvalue weighted by Crippen LogP contribution is -2.35. The highest BCUT2D eigenvalue weighted by Gasteiger charge is 2.18. The molecule has 0 aromatic rings. The fourth-order valence-corrected chi connectivity index (χ4v) is 2.43. The lowest BCUT2D eigenvalue weighted by Gasteiger charge is -2.19. The normalized spacial score (nSPS) is 11.7. The quantitative estimate of drug-likeness (QED) is 0.489. The van der Waals surface area contributed by atoms with E-state index >= 15 is 0 Å². The topological polar surface area (TPSA) is 77.8 Å². The number of carbonyl (C=O) groups is 2. The van der Waals surface area contributed by atoms with Gasteiger partial charge in [0.15, 0.2) is 0 Å². The Morgan fingerprint density at radius 2 is 1.17 bits per heavy atom. The van der Waals surface area contributed by atoms with E-state index in [-0.39, 0.29) is 6.04 Å². The molecule has 0 fully saturated rings. The largest absolute Gasteiger partial charge is 0.481 e. The molecule has 0 aliphatic rings. The van der Waals surface area contributed by atoms with Crippen molar-refractivity contribution < 1.29 is 19.8 Å². The van der Waals surface area contributed by atoms with Gasteiger partial charge >= 0.3 is 5.97 Å². The van der Waals surface area contributed by atoms with E-state index in [9.17, 15) is 4.79 Å². The number of nitrogens with zero attached hydrogens (tertiary/aromatic N) is 1. The third-order valence-electron chi connectivity index (χ3n) is 3.74. The Morgan fingerprint density at radius 3 is 1.48 bits per heavy atom. The van der Waals surface area contributed by atoms with Gasteiger partial charge in [0.05, 0.1) is 0 Å². The first-order valence-corrected chi connectivity index (χ1v) is 8.91. The first-order valence-electron chi connectivity index (χ1n) is 8.91. The van der Waals surface area contributed by atoms with E-state index in [1.54, 1.807) is 4.90 Å². The molecule has 0 saturated carbocycles. The van der Waals surface area contributed by atoms with Gasteiger partial charge in [0.1, 0.15) is 6.04 Å². The van der Waals surface area contributed by atoms with E-state index in [4.69, 9.17) is 15.0 Å². The molecule has 23 heavy (non-hydrogen) atoms. The molecular weight excluding hydrogens is 294 g/mol. The molecule has 0 aliphatic heterocycles. The molecule has 0 aromatic heterocycles. The first kappa shape index (κ1) is 24.2. The van der Waals surface area contributed by atoms with Gasteiger partial charge in [-0.05, 0) is 20.5 Å². The van der Waals surface area contributed by atoms with Crippen molar-refractivity contribution in [1.82, 2.24) is 4.90 Å². The zero-order chi connectivity index (χ0) is 18.1. The minimum atomic E-state index is -0.833. The van der Waals surface area contributed by atoms with Crippen molar-refractivity contribution in [2.75, 3.05) is 14.1 Å². The number of rotatable bonds is 13. The molecule has 138 valence electrons. The summed E-state index contributed by atoms with van der Waals surface area (Å²) in [7, 11) is 3.68. The highest BCUT2D eigenvalue weighted by atomic mass is 16.4. The third kappa shape index (κ3) is 20.9. The lowest BCUT2D eigenvalue weighted by molar-refractivity contribution is -0.142. The number of aliphatic carboxylic acids is 2. The van der Waals surface area contributed by atoms with Crippen LogP contribution in [0.1, 0.15) is 84.5 Å². The molecule has 0 amide bonds. The average molecular weight is 331 g/mol. The summed E-state index contributed by atoms with van der Waals surface area (Å²) in [5.74, 6) is -1.53. The van der Waals surface area contributed by atoms with Crippen LogP contribution in [0.2, 0.25) is 0 Å². The van der Waals surface area contributed by atoms with Crippen LogP contribution in [0.15, 0.2) is 0 Å². The summed E-state index contributed by atoms with van der Waals surface area (Å²) < 4.78 is 0. The van der Waals surface area contributed by atoms with Crippen LogP contribution in [0.5, 0.6) is 0 Å². The van der Waals surface area contributed by atoms with Crippen molar-refractivity contribution in [3.8, 4) is 0 Å². The second-order valence-electron chi connectivity index (χ2n) is 6.31. The maximum Gasteiger partial charge on any atom is 0.320 e. The number of unbranched alkanes of at least 4 members (excludes halogenated alkanes) is 9. The van der Waals surface area contributed by atoms with E-state index < -0.39 is 11.9 Å². The average Bonchev–Trinajstić information content (AvgIpc) is 2.43. The minimum absolute atomic E-state index is 0.311. The third-order valence-corrected chi connectivity index (χ3v) is 3.74. The molecule has 0 spiro atoms. The smallest absolute Gasteiger partial charge is 0.320 e. The Hall–Kier alpha value is -1.10. The summed E-state index contributed by atoms with van der Waals surface area (Å²) in [5.41, 5.74) is 0. The Kier molecular flexibility index (Phi) is 18.1. The van der Waals surface area contributed by atoms with Crippen LogP contribution in [0.3, 0.4) is 0 Å². The predicted octanol–water partition coefficient (Wildman–Crippen LogP) is 4.40. The molecule has 0 bridgehead atoms. The summed E-state index contributed by atoms with van der Waals surface area (Å²) in [5, 5.41) is 16.5. The Labute approximate surface area is 142 Å². The number of hydrogen-bond acceptors (Lipinski definition) is 3. The van der Waals surface area contributed by atoms with Crippen molar-refractivity contribution in [1.29, 1.82) is 0 Å². The maximum absolute atomic E-state index is 11.0. The van der Waals surface area contributed by atoms with Gasteiger partial charge in [0, 0.05) is 6.92 Å². The van der Waals surface area contributed by atoms with E-state index in [2.05, 4.69) is 6.92 Å². The Morgan fingerprint density at radius 1 is 0.826 bits per heavy atom. The van der Waals surface area contributed by atoms with Crippen LogP contribution in [0, 0.1) is 0 Å². The molecule has 0 aliphatic carbocycles. The summed E-state index contributed by atoms with van der Waals surface area (Å²) in [6.07, 6.45) is 13.7. The van der Waals surface area contributed by atoms with E-state index in [1.165, 1.54) is 57.8 Å². The van der Waals surface area contributed by atoms with Crippen LogP contribution in [-0.2, 0) is 9.59 Å². The van der Waals surface area contributed by atoms with Crippen LogP contribution >= 0.6 is 0 Å². The highest BCUT2D eigenvalue weighted by molar-refractivity contribution is 5.73. The Balaban J connectivity index is 0. The molecule has 0 saturated heterocycles. The van der Waals surface area contributed by atoms with Crippen LogP contribution in [0.25, 0.3) is 0 Å². The summed E-state index contributed by atoms with van der Waals surface area (Å²) in [6, 6.07) is -0.311. The fraction of sp³-hybridized carbons (Fsp3) is 0.889. The minimum Gasteiger partial charge on any atom is -0.481 e. The predicted molar refractivity (Wildman–Crippen MR) is 94.9 cm³/mol. The van der Waals surface area contributed by atoms with Crippen molar-refractivity contribution >= 4 is 11.9 Å². The maximum atomic E-state index is 11.0. The molecule has 0 heterocycles. The van der Waals surface area contributed by atoms with Crippen molar-refractivity contribution in [3.05, 3.63) is 0 Å². The van der Waals surface area contributed by atoms with E-state index in [0.717, 1.165) is 19.8 Å². The van der Waals surface area contributed by atoms with Gasteiger partial charge in [-0.2, -0.15) is 0 Å². The van der Waals surface area contributed by atoms with Gasteiger partial charge in [-0.3, -0.25) is 14.5 Å². The molecule has 5 heteroatoms. The van der Waals surface area contributed by atoms with Gasteiger partial charge in [-0.15, -0.1) is 0 Å². The van der Waals surface area contributed by atoms with E-state index in [1.807, 2.05) is 14.1 Å². The summed E-state index contributed by atoms with van der Waals surface area (Å²) >= 11 is 0. The van der Waals surface area contributed by atoms with Crippen molar-refractivity contribution in [3.63, 3.8) is 0 Å². The lowest BCUT2D eigenvalue weighted by atomic mass is 10.0. The van der Waals surface area contributed by atoms with Gasteiger partial charge in [0.2, 0.25) is 0 Å². The molecule has 0 radical (unpaired) electrons. The highest BCUT2D eigenvalue weighted by Crippen LogP contribution is 2.13. The second kappa shape index (κ2) is 17.3. The standard InChI is InChI=1S/C16H33NO2.C2H4O2/c1-4-5-6-7-8-9-10-11-12-13-14-15(16(18)19)17(2)3;1-2(3)4/h15H,4-14H2,1-3H3,(H,18,19);1H3,(H,3,4). The molecule has 0 rings (SSSR count). The molecule has 5 nitrogen and oxygen atoms in total. The summed E-state index contributed by atoms with van der Waals surface area (Å²) in [6.45, 7) is 3.33. The zero-order valence-electron chi connectivity index (χ0n) is 15.5. The number of likely N-dealkylation sites (N-methyl/N-ethyl adjacent to an activating group) is 1. The van der Waals surface area contributed by atoms with Gasteiger partial charge in [0.25, 0.3) is 5.97 Å². The zero-order valence-corrected chi connectivity index (χ0v) is 15.5. The van der Waals surface area contributed by atoms with Gasteiger partial charge in [-0.25, -0.2) is 0 Å². The number of carboxylic acid groups (broad SMARTS) is 2. The Bertz CT molecular complexity index is 289. The molecule has 1 unspecified atom stereocenters. The number of hydrogen-bond donors (Lipinski definition) is 2. The molecule has 2 N–H and O–H groups in total. The fourth-order valence-electron chi connectivity index (χ4n) is 2.43. The van der Waals surface area contributed by atoms with E-state index in [0.29, 0.717) is 0 Å². The van der Waals surface area contributed by atoms with Crippen LogP contribution in [0.4, 0.5) is 0 Å². The molecule has 1 atom stereocenters. The van der Waals surface area contributed by atoms with Gasteiger partial charge < -0.3 is 10.2 Å². The number of carboxylic acids is 2. The molecule has 0 aromatic carbocycles. The summed E-state index contributed by atoms with van der Waals surface area (Å²) in [4.78, 5) is 21.8. The van der Waals surface area contributed by atoms with Crippen LogP contribution < -0.4 is 0 Å². The molecular formula is C18H37NO4. The van der Waals surface area contributed by atoms with Crippen LogP contribution in [-0.4, -0.2) is 47.2 Å². The second-order valence-corrected chi connectivity index (χ2v) is 6.31. The van der Waals surface area contributed by atoms with Crippen molar-refractivity contribution in [2.24, 2.45) is 0 Å². The SMILES string of the molecule is CC(=O)O.CCCCCCCCCCCCC(C(=O)O)N(C)C. The first-order chi connectivity index (χ1) is 10.8. The van der Waals surface area contributed by atoms with Gasteiger partial charge in [-0.1, -0.05) is 71.1 Å².